The summed E-state index contributed by atoms with van der Waals surface area (Å²) < 4.78 is 42.8. The molecule has 0 aromatic carbocycles. The lowest BCUT2D eigenvalue weighted by molar-refractivity contribution is -0.123. The Kier molecular flexibility index (Phi) is 5.71. The Labute approximate surface area is 182 Å². The first kappa shape index (κ1) is 21.9. The van der Waals surface area contributed by atoms with Crippen molar-refractivity contribution in [1.29, 1.82) is 0 Å². The van der Waals surface area contributed by atoms with E-state index in [2.05, 4.69) is 10.3 Å². The number of carbonyl (C=O) groups excluding carboxylic acids is 2. The van der Waals surface area contributed by atoms with Crippen LogP contribution in [0.4, 0.5) is 29.5 Å². The quantitative estimate of drug-likeness (QED) is 0.724. The third kappa shape index (κ3) is 4.22. The molecule has 0 aliphatic carbocycles. The first-order valence-electron chi connectivity index (χ1n) is 10.0. The topological polar surface area (TPSA) is 90.0 Å². The second-order valence-corrected chi connectivity index (χ2v) is 7.74. The monoisotopic (exact) mass is 452 g/mol. The van der Waals surface area contributed by atoms with Crippen LogP contribution >= 0.6 is 0 Å². The van der Waals surface area contributed by atoms with Crippen LogP contribution in [0.3, 0.4) is 0 Å². The number of carbonyl (C=O) groups is 2. The number of pyridine rings is 1. The summed E-state index contributed by atoms with van der Waals surface area (Å²) in [4.78, 5) is 35.1. The van der Waals surface area contributed by atoms with E-state index in [-0.39, 0.29) is 17.6 Å². The minimum Gasteiger partial charge on any atom is -0.366 e. The molecule has 2 atom stereocenters. The summed E-state index contributed by atoms with van der Waals surface area (Å²) in [6.45, 7) is -0.150. The van der Waals surface area contributed by atoms with Crippen LogP contribution in [0.1, 0.15) is 16.9 Å². The van der Waals surface area contributed by atoms with E-state index in [0.717, 1.165) is 0 Å². The highest BCUT2D eigenvalue weighted by atomic mass is 19.4. The van der Waals surface area contributed by atoms with E-state index in [9.17, 15) is 22.8 Å². The Morgan fingerprint density at radius 3 is 2.81 bits per heavy atom. The van der Waals surface area contributed by atoms with Gasteiger partial charge in [0, 0.05) is 33.4 Å². The van der Waals surface area contributed by atoms with Crippen LogP contribution in [-0.2, 0) is 4.74 Å². The lowest BCUT2D eigenvalue weighted by Crippen LogP contribution is -2.52. The predicted molar refractivity (Wildman–Crippen MR) is 110 cm³/mol. The fourth-order valence-corrected chi connectivity index (χ4v) is 4.11. The van der Waals surface area contributed by atoms with Crippen LogP contribution in [0, 0.1) is 0 Å². The molecule has 2 N–H and O–H groups in total. The number of nitrogens with zero attached hydrogens (tertiary/aromatic N) is 4. The number of fused-ring (bicyclic) bond motifs is 4. The van der Waals surface area contributed by atoms with E-state index in [4.69, 9.17) is 4.74 Å². The second-order valence-electron chi connectivity index (χ2n) is 7.74. The van der Waals surface area contributed by atoms with Crippen molar-refractivity contribution in [2.45, 2.75) is 24.9 Å². The van der Waals surface area contributed by atoms with Gasteiger partial charge >= 0.3 is 12.2 Å². The average Bonchev–Trinajstić information content (AvgIpc) is 3.15. The van der Waals surface area contributed by atoms with Gasteiger partial charge in [0.05, 0.1) is 17.4 Å². The Morgan fingerprint density at radius 2 is 2.09 bits per heavy atom. The number of allylic oxidation sites excluding steroid dienone is 2. The molecule has 4 rings (SSSR count). The van der Waals surface area contributed by atoms with E-state index in [0.29, 0.717) is 30.9 Å². The number of hydrogen-bond donors (Lipinski definition) is 2. The summed E-state index contributed by atoms with van der Waals surface area (Å²) in [5.41, 5.74) is 0.991. The third-order valence-corrected chi connectivity index (χ3v) is 5.56. The third-order valence-electron chi connectivity index (χ3n) is 5.56. The highest BCUT2D eigenvalue weighted by Crippen LogP contribution is 2.39. The molecule has 0 spiro atoms. The standard InChI is InChI=1S/C20H23F3N6O3/c1-27-8-3-4-14(18(27)32-2)26-19(31)29-12-7-9-28(10-12)15-6-5-13(25-16(15)29)17(30)24-11-20(21,22)23/h3-6,8,12,18H,7,9-11H2,1-2H3,(H,24,30)(H,26,31)/t12-,18?/m0/s1. The van der Waals surface area contributed by atoms with E-state index in [1.807, 2.05) is 23.5 Å². The first-order chi connectivity index (χ1) is 15.2. The molecule has 1 unspecified atom stereocenters. The van der Waals surface area contributed by atoms with Gasteiger partial charge < -0.3 is 25.2 Å². The molecular formula is C20H23F3N6O3. The number of rotatable bonds is 4. The molecule has 1 aromatic heterocycles. The van der Waals surface area contributed by atoms with Gasteiger partial charge in [0.1, 0.15) is 12.2 Å². The summed E-state index contributed by atoms with van der Waals surface area (Å²) in [7, 11) is 3.33. The number of likely N-dealkylation sites (N-methyl/N-ethyl adjacent to an activating group) is 1. The van der Waals surface area contributed by atoms with Gasteiger partial charge in [0.25, 0.3) is 5.91 Å². The van der Waals surface area contributed by atoms with Gasteiger partial charge in [-0.2, -0.15) is 13.2 Å². The smallest absolute Gasteiger partial charge is 0.366 e. The number of hydrogen-bond acceptors (Lipinski definition) is 6. The predicted octanol–water partition coefficient (Wildman–Crippen LogP) is 1.80. The van der Waals surface area contributed by atoms with Crippen LogP contribution in [0.2, 0.25) is 0 Å². The van der Waals surface area contributed by atoms with E-state index in [1.165, 1.54) is 18.1 Å². The largest absolute Gasteiger partial charge is 0.405 e. The number of halogens is 3. The molecule has 0 radical (unpaired) electrons. The van der Waals surface area contributed by atoms with Gasteiger partial charge in [-0.1, -0.05) is 0 Å². The molecule has 1 fully saturated rings. The SMILES string of the molecule is COC1C(NC(=O)N2c3nc(C(=O)NCC(F)(F)F)ccc3N3CC[C@H]2C3)=CC=CN1C. The van der Waals surface area contributed by atoms with Crippen molar-refractivity contribution < 1.29 is 27.5 Å². The van der Waals surface area contributed by atoms with E-state index >= 15 is 0 Å². The first-order valence-corrected chi connectivity index (χ1v) is 10.0. The number of methoxy groups -OCH3 is 1. The van der Waals surface area contributed by atoms with Crippen LogP contribution in [0.25, 0.3) is 0 Å². The van der Waals surface area contributed by atoms with Gasteiger partial charge in [0.15, 0.2) is 12.0 Å². The van der Waals surface area contributed by atoms with Gasteiger partial charge in [0.2, 0.25) is 0 Å². The van der Waals surface area contributed by atoms with E-state index < -0.39 is 30.9 Å². The number of aromatic nitrogens is 1. The molecule has 3 aliphatic rings. The van der Waals surface area contributed by atoms with Crippen molar-refractivity contribution in [3.63, 3.8) is 0 Å². The van der Waals surface area contributed by atoms with Crippen molar-refractivity contribution in [3.8, 4) is 0 Å². The number of alkyl halides is 3. The maximum absolute atomic E-state index is 13.3. The van der Waals surface area contributed by atoms with Crippen LogP contribution in [-0.4, -0.2) is 74.1 Å². The van der Waals surface area contributed by atoms with Crippen molar-refractivity contribution in [1.82, 2.24) is 20.5 Å². The number of urea groups is 1. The lowest BCUT2D eigenvalue weighted by atomic mass is 10.1. The summed E-state index contributed by atoms with van der Waals surface area (Å²) in [6, 6.07) is 2.35. The maximum Gasteiger partial charge on any atom is 0.405 e. The number of amides is 3. The zero-order valence-electron chi connectivity index (χ0n) is 17.5. The van der Waals surface area contributed by atoms with Gasteiger partial charge in [-0.05, 0) is 30.7 Å². The van der Waals surface area contributed by atoms with Crippen molar-refractivity contribution in [2.24, 2.45) is 0 Å². The normalized spacial score (nSPS) is 21.9. The molecule has 3 amide bonds. The molecule has 4 heterocycles. The fraction of sp³-hybridized carbons (Fsp3) is 0.450. The van der Waals surface area contributed by atoms with Crippen molar-refractivity contribution in [2.75, 3.05) is 43.6 Å². The Bertz CT molecular complexity index is 980. The van der Waals surface area contributed by atoms with Crippen LogP contribution < -0.4 is 20.4 Å². The van der Waals surface area contributed by atoms with E-state index in [1.54, 1.807) is 23.1 Å². The fourth-order valence-electron chi connectivity index (χ4n) is 4.11. The van der Waals surface area contributed by atoms with Crippen LogP contribution in [0.15, 0.2) is 36.2 Å². The van der Waals surface area contributed by atoms with Crippen molar-refractivity contribution in [3.05, 3.63) is 41.9 Å². The number of ether oxygens (including phenoxy) is 1. The highest BCUT2D eigenvalue weighted by molar-refractivity contribution is 5.99. The molecule has 32 heavy (non-hydrogen) atoms. The lowest BCUT2D eigenvalue weighted by Gasteiger charge is -2.37. The summed E-state index contributed by atoms with van der Waals surface area (Å²) >= 11 is 0. The minimum absolute atomic E-state index is 0.179. The Morgan fingerprint density at radius 1 is 1.31 bits per heavy atom. The zero-order valence-corrected chi connectivity index (χ0v) is 17.5. The maximum atomic E-state index is 13.3. The van der Waals surface area contributed by atoms with Gasteiger partial charge in [-0.3, -0.25) is 9.69 Å². The zero-order chi connectivity index (χ0) is 23.0. The van der Waals surface area contributed by atoms with Crippen LogP contribution in [0.5, 0.6) is 0 Å². The van der Waals surface area contributed by atoms with Gasteiger partial charge in [-0.25, -0.2) is 9.78 Å². The number of anilines is 2. The molecule has 3 aliphatic heterocycles. The Balaban J connectivity index is 1.60. The molecule has 12 heteroatoms. The highest BCUT2D eigenvalue weighted by Gasteiger charge is 2.41. The van der Waals surface area contributed by atoms with Crippen molar-refractivity contribution >= 4 is 23.4 Å². The summed E-state index contributed by atoms with van der Waals surface area (Å²) in [5.74, 6) is -0.718. The Hall–Kier alpha value is -3.28. The summed E-state index contributed by atoms with van der Waals surface area (Å²) in [6.07, 6.45) is 0.989. The molecular weight excluding hydrogens is 429 g/mol. The molecule has 9 nitrogen and oxygen atoms in total. The number of nitrogens with one attached hydrogen (secondary N) is 2. The molecule has 1 saturated heterocycles. The average molecular weight is 452 g/mol. The minimum atomic E-state index is -4.53. The molecule has 1 aromatic rings. The molecule has 0 saturated carbocycles. The second kappa shape index (κ2) is 8.34. The molecule has 2 bridgehead atoms. The summed E-state index contributed by atoms with van der Waals surface area (Å²) in [5, 5.41) is 4.67. The van der Waals surface area contributed by atoms with Gasteiger partial charge in [-0.15, -0.1) is 0 Å². The molecule has 172 valence electrons.